The van der Waals surface area contributed by atoms with Gasteiger partial charge in [-0.05, 0) is 49.2 Å². The van der Waals surface area contributed by atoms with Gasteiger partial charge in [0.2, 0.25) is 0 Å². The number of hydrogen-bond acceptors (Lipinski definition) is 3. The van der Waals surface area contributed by atoms with Crippen LogP contribution in [0.1, 0.15) is 11.1 Å². The van der Waals surface area contributed by atoms with E-state index in [1.807, 2.05) is 49.1 Å². The van der Waals surface area contributed by atoms with E-state index >= 15 is 0 Å². The molecule has 1 aliphatic heterocycles. The van der Waals surface area contributed by atoms with Gasteiger partial charge in [0.05, 0.1) is 7.11 Å². The van der Waals surface area contributed by atoms with Gasteiger partial charge >= 0.3 is 6.03 Å². The molecule has 0 atom stereocenters. The van der Waals surface area contributed by atoms with E-state index in [1.165, 1.54) is 0 Å². The van der Waals surface area contributed by atoms with Crippen LogP contribution in [-0.4, -0.2) is 44.2 Å². The molecule has 2 aromatic carbocycles. The maximum absolute atomic E-state index is 12.6. The molecule has 5 nitrogen and oxygen atoms in total. The van der Waals surface area contributed by atoms with E-state index in [4.69, 9.17) is 4.74 Å². The number of benzene rings is 2. The van der Waals surface area contributed by atoms with Gasteiger partial charge in [0.15, 0.2) is 0 Å². The Hall–Kier alpha value is -2.69. The maximum Gasteiger partial charge on any atom is 0.321 e. The minimum atomic E-state index is -0.0215. The van der Waals surface area contributed by atoms with Crippen LogP contribution < -0.4 is 15.0 Å². The number of para-hydroxylation sites is 1. The van der Waals surface area contributed by atoms with E-state index < -0.39 is 0 Å². The van der Waals surface area contributed by atoms with Crippen molar-refractivity contribution in [2.24, 2.45) is 0 Å². The highest BCUT2D eigenvalue weighted by Gasteiger charge is 2.22. The lowest BCUT2D eigenvalue weighted by Gasteiger charge is -2.36. The predicted molar refractivity (Wildman–Crippen MR) is 102 cm³/mol. The van der Waals surface area contributed by atoms with E-state index in [0.29, 0.717) is 13.1 Å². The van der Waals surface area contributed by atoms with Crippen LogP contribution in [0.2, 0.25) is 0 Å². The number of nitrogens with zero attached hydrogens (tertiary/aromatic N) is 2. The number of urea groups is 1. The van der Waals surface area contributed by atoms with Crippen molar-refractivity contribution < 1.29 is 9.53 Å². The third-order valence-corrected chi connectivity index (χ3v) is 4.72. The number of hydrogen-bond donors (Lipinski definition) is 1. The number of nitrogens with one attached hydrogen (secondary N) is 1. The van der Waals surface area contributed by atoms with Crippen molar-refractivity contribution in [3.05, 3.63) is 53.6 Å². The molecule has 3 rings (SSSR count). The van der Waals surface area contributed by atoms with Crippen LogP contribution in [0, 0.1) is 13.8 Å². The molecule has 0 radical (unpaired) electrons. The fourth-order valence-corrected chi connectivity index (χ4v) is 3.16. The molecular weight excluding hydrogens is 314 g/mol. The molecule has 1 N–H and O–H groups in total. The number of rotatable bonds is 3. The van der Waals surface area contributed by atoms with Crippen LogP contribution in [0.5, 0.6) is 5.75 Å². The predicted octanol–water partition coefficient (Wildman–Crippen LogP) is 3.67. The SMILES string of the molecule is COc1ccc(N2CCN(C(=O)Nc3c(C)cccc3C)CC2)cc1. The molecule has 0 bridgehead atoms. The van der Waals surface area contributed by atoms with Gasteiger partial charge in [-0.2, -0.15) is 0 Å². The van der Waals surface area contributed by atoms with Crippen molar-refractivity contribution in [2.45, 2.75) is 13.8 Å². The molecule has 1 saturated heterocycles. The van der Waals surface area contributed by atoms with E-state index in [0.717, 1.165) is 41.3 Å². The summed E-state index contributed by atoms with van der Waals surface area (Å²) in [6.07, 6.45) is 0. The first-order valence-corrected chi connectivity index (χ1v) is 8.59. The molecule has 0 unspecified atom stereocenters. The van der Waals surface area contributed by atoms with Crippen LogP contribution >= 0.6 is 0 Å². The van der Waals surface area contributed by atoms with Crippen molar-refractivity contribution in [3.63, 3.8) is 0 Å². The highest BCUT2D eigenvalue weighted by molar-refractivity contribution is 5.91. The van der Waals surface area contributed by atoms with Crippen molar-refractivity contribution in [3.8, 4) is 5.75 Å². The van der Waals surface area contributed by atoms with Gasteiger partial charge < -0.3 is 19.9 Å². The molecule has 1 fully saturated rings. The van der Waals surface area contributed by atoms with Gasteiger partial charge in [0.25, 0.3) is 0 Å². The Morgan fingerprint density at radius 1 is 0.960 bits per heavy atom. The third-order valence-electron chi connectivity index (χ3n) is 4.72. The van der Waals surface area contributed by atoms with Gasteiger partial charge in [0, 0.05) is 37.6 Å². The zero-order chi connectivity index (χ0) is 17.8. The normalized spacial score (nSPS) is 14.4. The molecule has 2 amide bonds. The molecule has 0 aliphatic carbocycles. The number of piperazine rings is 1. The quantitative estimate of drug-likeness (QED) is 0.928. The lowest BCUT2D eigenvalue weighted by Crippen LogP contribution is -2.50. The summed E-state index contributed by atoms with van der Waals surface area (Å²) in [4.78, 5) is 16.8. The lowest BCUT2D eigenvalue weighted by atomic mass is 10.1. The topological polar surface area (TPSA) is 44.8 Å². The Balaban J connectivity index is 1.59. The van der Waals surface area contributed by atoms with Crippen LogP contribution in [0.4, 0.5) is 16.2 Å². The second kappa shape index (κ2) is 7.47. The monoisotopic (exact) mass is 339 g/mol. The number of carbonyl (C=O) groups is 1. The van der Waals surface area contributed by atoms with Crippen LogP contribution in [0.25, 0.3) is 0 Å². The lowest BCUT2D eigenvalue weighted by molar-refractivity contribution is 0.208. The molecule has 1 aliphatic rings. The first kappa shape index (κ1) is 17.1. The Kier molecular flexibility index (Phi) is 5.12. The summed E-state index contributed by atoms with van der Waals surface area (Å²) in [5, 5.41) is 3.07. The van der Waals surface area contributed by atoms with Gasteiger partial charge in [-0.25, -0.2) is 4.79 Å². The second-order valence-electron chi connectivity index (χ2n) is 6.37. The Morgan fingerprint density at radius 3 is 2.12 bits per heavy atom. The van der Waals surface area contributed by atoms with Crippen LogP contribution in [0.15, 0.2) is 42.5 Å². The first-order chi connectivity index (χ1) is 12.1. The first-order valence-electron chi connectivity index (χ1n) is 8.59. The van der Waals surface area contributed by atoms with E-state index in [9.17, 15) is 4.79 Å². The molecule has 5 heteroatoms. The van der Waals surface area contributed by atoms with Gasteiger partial charge in [-0.3, -0.25) is 0 Å². The summed E-state index contributed by atoms with van der Waals surface area (Å²) >= 11 is 0. The standard InChI is InChI=1S/C20H25N3O2/c1-15-5-4-6-16(2)19(15)21-20(24)23-13-11-22(12-14-23)17-7-9-18(25-3)10-8-17/h4-10H,11-14H2,1-3H3,(H,21,24). The average molecular weight is 339 g/mol. The molecule has 0 saturated carbocycles. The number of amides is 2. The van der Waals surface area contributed by atoms with Crippen molar-refractivity contribution in [1.29, 1.82) is 0 Å². The molecule has 2 aromatic rings. The fourth-order valence-electron chi connectivity index (χ4n) is 3.16. The maximum atomic E-state index is 12.6. The zero-order valence-electron chi connectivity index (χ0n) is 15.1. The summed E-state index contributed by atoms with van der Waals surface area (Å²) in [5.74, 6) is 0.857. The highest BCUT2D eigenvalue weighted by atomic mass is 16.5. The average Bonchev–Trinajstić information content (AvgIpc) is 2.65. The molecular formula is C20H25N3O2. The number of ether oxygens (including phenoxy) is 1. The summed E-state index contributed by atoms with van der Waals surface area (Å²) in [7, 11) is 1.67. The van der Waals surface area contributed by atoms with E-state index in [2.05, 4.69) is 22.3 Å². The van der Waals surface area contributed by atoms with Crippen LogP contribution in [-0.2, 0) is 0 Å². The third kappa shape index (κ3) is 3.87. The minimum Gasteiger partial charge on any atom is -0.497 e. The summed E-state index contributed by atoms with van der Waals surface area (Å²) < 4.78 is 5.20. The molecule has 0 spiro atoms. The largest absolute Gasteiger partial charge is 0.497 e. The molecule has 25 heavy (non-hydrogen) atoms. The summed E-state index contributed by atoms with van der Waals surface area (Å²) in [6.45, 7) is 7.11. The fraction of sp³-hybridized carbons (Fsp3) is 0.350. The number of carbonyl (C=O) groups excluding carboxylic acids is 1. The Labute approximate surface area is 149 Å². The number of aryl methyl sites for hydroxylation is 2. The highest BCUT2D eigenvalue weighted by Crippen LogP contribution is 2.22. The van der Waals surface area contributed by atoms with Crippen LogP contribution in [0.3, 0.4) is 0 Å². The molecule has 132 valence electrons. The molecule has 1 heterocycles. The van der Waals surface area contributed by atoms with Crippen molar-refractivity contribution in [1.82, 2.24) is 4.90 Å². The van der Waals surface area contributed by atoms with Gasteiger partial charge in [-0.15, -0.1) is 0 Å². The van der Waals surface area contributed by atoms with Crippen molar-refractivity contribution >= 4 is 17.4 Å². The van der Waals surface area contributed by atoms with Crippen molar-refractivity contribution in [2.75, 3.05) is 43.5 Å². The second-order valence-corrected chi connectivity index (χ2v) is 6.37. The van der Waals surface area contributed by atoms with Gasteiger partial charge in [0.1, 0.15) is 5.75 Å². The summed E-state index contributed by atoms with van der Waals surface area (Å²) in [6, 6.07) is 14.1. The Bertz CT molecular complexity index is 715. The smallest absolute Gasteiger partial charge is 0.321 e. The van der Waals surface area contributed by atoms with E-state index in [1.54, 1.807) is 7.11 Å². The van der Waals surface area contributed by atoms with E-state index in [-0.39, 0.29) is 6.03 Å². The summed E-state index contributed by atoms with van der Waals surface area (Å²) in [5.41, 5.74) is 4.26. The number of methoxy groups -OCH3 is 1. The number of anilines is 2. The Morgan fingerprint density at radius 2 is 1.56 bits per heavy atom. The van der Waals surface area contributed by atoms with Gasteiger partial charge in [-0.1, -0.05) is 18.2 Å². The zero-order valence-corrected chi connectivity index (χ0v) is 15.1. The molecule has 0 aromatic heterocycles. The minimum absolute atomic E-state index is 0.0215.